The Morgan fingerprint density at radius 1 is 1.58 bits per heavy atom. The molecule has 2 atom stereocenters. The van der Waals surface area contributed by atoms with E-state index in [0.29, 0.717) is 13.0 Å². The van der Waals surface area contributed by atoms with Gasteiger partial charge in [0.2, 0.25) is 5.91 Å². The van der Waals surface area contributed by atoms with Gasteiger partial charge in [-0.2, -0.15) is 0 Å². The van der Waals surface area contributed by atoms with Crippen LogP contribution in [0.4, 0.5) is 0 Å². The Kier molecular flexibility index (Phi) is 3.27. The molecule has 1 saturated heterocycles. The van der Waals surface area contributed by atoms with Crippen LogP contribution in [0.1, 0.15) is 44.3 Å². The fourth-order valence-electron chi connectivity index (χ4n) is 2.65. The Hall–Kier alpha value is -1.42. The van der Waals surface area contributed by atoms with Crippen molar-refractivity contribution >= 4 is 5.91 Å². The zero-order valence-electron chi connectivity index (χ0n) is 11.3. The molecule has 4 heteroatoms. The number of pyridine rings is 1. The van der Waals surface area contributed by atoms with E-state index < -0.39 is 0 Å². The maximum Gasteiger partial charge on any atom is 0.220 e. The van der Waals surface area contributed by atoms with Gasteiger partial charge in [-0.15, -0.1) is 0 Å². The highest BCUT2D eigenvalue weighted by atomic mass is 16.5. The Morgan fingerprint density at radius 2 is 2.42 bits per heavy atom. The second kappa shape index (κ2) is 4.93. The minimum absolute atomic E-state index is 0.0512. The van der Waals surface area contributed by atoms with Crippen LogP contribution in [-0.2, 0) is 9.53 Å². The second-order valence-electron chi connectivity index (χ2n) is 6.03. The topological polar surface area (TPSA) is 51.2 Å². The van der Waals surface area contributed by atoms with E-state index in [0.717, 1.165) is 12.0 Å². The minimum atomic E-state index is -0.0512. The summed E-state index contributed by atoms with van der Waals surface area (Å²) in [6, 6.07) is 3.99. The highest BCUT2D eigenvalue weighted by Crippen LogP contribution is 2.48. The van der Waals surface area contributed by atoms with Crippen molar-refractivity contribution in [2.45, 2.75) is 44.8 Å². The average molecular weight is 260 g/mol. The van der Waals surface area contributed by atoms with Gasteiger partial charge in [0.05, 0.1) is 6.04 Å². The fourth-order valence-corrected chi connectivity index (χ4v) is 2.65. The molecule has 0 unspecified atom stereocenters. The van der Waals surface area contributed by atoms with Crippen molar-refractivity contribution in [2.75, 3.05) is 6.61 Å². The molecule has 1 aliphatic heterocycles. The normalized spacial score (nSPS) is 28.1. The molecule has 0 bridgehead atoms. The average Bonchev–Trinajstić information content (AvgIpc) is 2.94. The van der Waals surface area contributed by atoms with Crippen LogP contribution >= 0.6 is 0 Å². The lowest BCUT2D eigenvalue weighted by atomic mass is 10.0. The number of ether oxygens (including phenoxy) is 1. The third-order valence-corrected chi connectivity index (χ3v) is 4.14. The SMILES string of the molecule is CC1(CC(=O)N[C@@H]2CCO[C@H]2c2cccnc2)CC1. The molecule has 3 rings (SSSR count). The molecule has 1 saturated carbocycles. The quantitative estimate of drug-likeness (QED) is 0.903. The van der Waals surface area contributed by atoms with Crippen LogP contribution in [0, 0.1) is 5.41 Å². The highest BCUT2D eigenvalue weighted by molar-refractivity contribution is 5.77. The lowest BCUT2D eigenvalue weighted by molar-refractivity contribution is -0.123. The number of aromatic nitrogens is 1. The van der Waals surface area contributed by atoms with Gasteiger partial charge in [0.15, 0.2) is 0 Å². The van der Waals surface area contributed by atoms with Crippen LogP contribution in [0.2, 0.25) is 0 Å². The third kappa shape index (κ3) is 2.95. The number of rotatable bonds is 4. The fraction of sp³-hybridized carbons (Fsp3) is 0.600. The third-order valence-electron chi connectivity index (χ3n) is 4.14. The summed E-state index contributed by atoms with van der Waals surface area (Å²) in [6.45, 7) is 2.87. The van der Waals surface area contributed by atoms with E-state index in [-0.39, 0.29) is 23.5 Å². The van der Waals surface area contributed by atoms with Crippen molar-refractivity contribution in [3.63, 3.8) is 0 Å². The van der Waals surface area contributed by atoms with E-state index in [4.69, 9.17) is 4.74 Å². The van der Waals surface area contributed by atoms with Crippen LogP contribution in [0.5, 0.6) is 0 Å². The molecule has 2 fully saturated rings. The molecular formula is C15H20N2O2. The summed E-state index contributed by atoms with van der Waals surface area (Å²) in [4.78, 5) is 16.2. The first-order valence-corrected chi connectivity index (χ1v) is 6.97. The van der Waals surface area contributed by atoms with Gasteiger partial charge in [-0.3, -0.25) is 9.78 Å². The van der Waals surface area contributed by atoms with Gasteiger partial charge in [-0.25, -0.2) is 0 Å². The number of amides is 1. The standard InChI is InChI=1S/C15H20N2O2/c1-15(5-6-15)9-13(18)17-12-4-8-19-14(12)11-3-2-7-16-10-11/h2-3,7,10,12,14H,4-6,8-9H2,1H3,(H,17,18)/t12-,14+/m1/s1. The number of carbonyl (C=O) groups excluding carboxylic acids is 1. The molecular weight excluding hydrogens is 240 g/mol. The van der Waals surface area contributed by atoms with Gasteiger partial charge in [0, 0.05) is 31.0 Å². The van der Waals surface area contributed by atoms with Crippen molar-refractivity contribution in [3.8, 4) is 0 Å². The van der Waals surface area contributed by atoms with E-state index >= 15 is 0 Å². The van der Waals surface area contributed by atoms with E-state index in [9.17, 15) is 4.79 Å². The van der Waals surface area contributed by atoms with E-state index in [1.165, 1.54) is 12.8 Å². The Labute approximate surface area is 113 Å². The molecule has 1 aromatic rings. The molecule has 2 heterocycles. The number of hydrogen-bond donors (Lipinski definition) is 1. The molecule has 1 amide bonds. The maximum atomic E-state index is 12.0. The first kappa shape index (κ1) is 12.6. The van der Waals surface area contributed by atoms with E-state index in [1.807, 2.05) is 18.3 Å². The summed E-state index contributed by atoms with van der Waals surface area (Å²) in [5.74, 6) is 0.157. The van der Waals surface area contributed by atoms with Crippen molar-refractivity contribution < 1.29 is 9.53 Å². The number of hydrogen-bond acceptors (Lipinski definition) is 3. The first-order chi connectivity index (χ1) is 9.16. The second-order valence-corrected chi connectivity index (χ2v) is 6.03. The van der Waals surface area contributed by atoms with Gasteiger partial charge in [0.1, 0.15) is 6.10 Å². The molecule has 1 aromatic heterocycles. The Bertz CT molecular complexity index is 456. The van der Waals surface area contributed by atoms with Crippen LogP contribution < -0.4 is 5.32 Å². The van der Waals surface area contributed by atoms with Crippen molar-refractivity contribution in [1.82, 2.24) is 10.3 Å². The monoisotopic (exact) mass is 260 g/mol. The zero-order chi connectivity index (χ0) is 13.3. The van der Waals surface area contributed by atoms with Crippen molar-refractivity contribution in [3.05, 3.63) is 30.1 Å². The van der Waals surface area contributed by atoms with Gasteiger partial charge in [0.25, 0.3) is 0 Å². The predicted octanol–water partition coefficient (Wildman–Crippen LogP) is 2.22. The van der Waals surface area contributed by atoms with E-state index in [1.54, 1.807) is 6.20 Å². The maximum absolute atomic E-state index is 12.0. The Balaban J connectivity index is 1.62. The zero-order valence-corrected chi connectivity index (χ0v) is 11.3. The number of nitrogens with one attached hydrogen (secondary N) is 1. The summed E-state index contributed by atoms with van der Waals surface area (Å²) in [5, 5.41) is 3.13. The molecule has 4 nitrogen and oxygen atoms in total. The lowest BCUT2D eigenvalue weighted by Gasteiger charge is -2.20. The molecule has 0 radical (unpaired) electrons. The van der Waals surface area contributed by atoms with Gasteiger partial charge < -0.3 is 10.1 Å². The smallest absolute Gasteiger partial charge is 0.220 e. The Morgan fingerprint density at radius 3 is 3.11 bits per heavy atom. The van der Waals surface area contributed by atoms with Crippen LogP contribution in [-0.4, -0.2) is 23.5 Å². The van der Waals surface area contributed by atoms with Crippen molar-refractivity contribution in [2.24, 2.45) is 5.41 Å². The van der Waals surface area contributed by atoms with Crippen molar-refractivity contribution in [1.29, 1.82) is 0 Å². The van der Waals surface area contributed by atoms with Crippen LogP contribution in [0.3, 0.4) is 0 Å². The van der Waals surface area contributed by atoms with Crippen LogP contribution in [0.15, 0.2) is 24.5 Å². The minimum Gasteiger partial charge on any atom is -0.371 e. The molecule has 1 aliphatic carbocycles. The number of nitrogens with zero attached hydrogens (tertiary/aromatic N) is 1. The van der Waals surface area contributed by atoms with E-state index in [2.05, 4.69) is 17.2 Å². The predicted molar refractivity (Wildman–Crippen MR) is 71.4 cm³/mol. The summed E-state index contributed by atoms with van der Waals surface area (Å²) < 4.78 is 5.74. The molecule has 2 aliphatic rings. The van der Waals surface area contributed by atoms with Gasteiger partial charge >= 0.3 is 0 Å². The molecule has 1 N–H and O–H groups in total. The molecule has 102 valence electrons. The van der Waals surface area contributed by atoms with Crippen LogP contribution in [0.25, 0.3) is 0 Å². The highest BCUT2D eigenvalue weighted by Gasteiger charge is 2.40. The largest absolute Gasteiger partial charge is 0.371 e. The lowest BCUT2D eigenvalue weighted by Crippen LogP contribution is -2.37. The number of carbonyl (C=O) groups is 1. The first-order valence-electron chi connectivity index (χ1n) is 6.97. The molecule has 0 aromatic carbocycles. The summed E-state index contributed by atoms with van der Waals surface area (Å²) in [5.41, 5.74) is 1.30. The summed E-state index contributed by atoms with van der Waals surface area (Å²) in [7, 11) is 0. The van der Waals surface area contributed by atoms with Gasteiger partial charge in [-0.05, 0) is 30.7 Å². The summed E-state index contributed by atoms with van der Waals surface area (Å²) in [6.07, 6.45) is 7.38. The van der Waals surface area contributed by atoms with Gasteiger partial charge in [-0.1, -0.05) is 13.0 Å². The molecule has 0 spiro atoms. The summed E-state index contributed by atoms with van der Waals surface area (Å²) >= 11 is 0. The molecule has 19 heavy (non-hydrogen) atoms.